The van der Waals surface area contributed by atoms with Crippen molar-refractivity contribution in [2.45, 2.75) is 11.4 Å². The van der Waals surface area contributed by atoms with Crippen molar-refractivity contribution in [3.05, 3.63) is 45.9 Å². The third kappa shape index (κ3) is 2.94. The van der Waals surface area contributed by atoms with E-state index in [4.69, 9.17) is 5.73 Å². The number of nitrogens with two attached hydrogens (primary N) is 1. The Hall–Kier alpha value is -1.58. The summed E-state index contributed by atoms with van der Waals surface area (Å²) in [6.07, 6.45) is 0. The minimum absolute atomic E-state index is 0.152. The molecule has 4 nitrogen and oxygen atoms in total. The smallest absolute Gasteiger partial charge is 0.262 e. The molecule has 0 fully saturated rings. The van der Waals surface area contributed by atoms with E-state index in [1.807, 2.05) is 0 Å². The summed E-state index contributed by atoms with van der Waals surface area (Å²) in [5.74, 6) is -3.80. The number of halogens is 3. The molecule has 0 aliphatic heterocycles. The van der Waals surface area contributed by atoms with E-state index in [0.29, 0.717) is 17.0 Å². The van der Waals surface area contributed by atoms with Crippen LogP contribution < -0.4 is 10.5 Å². The van der Waals surface area contributed by atoms with E-state index < -0.39 is 33.2 Å². The second kappa shape index (κ2) is 5.43. The molecular weight excluding hydrogens is 313 g/mol. The average Bonchev–Trinajstić information content (AvgIpc) is 2.83. The van der Waals surface area contributed by atoms with Crippen LogP contribution in [0.25, 0.3) is 0 Å². The van der Waals surface area contributed by atoms with Crippen molar-refractivity contribution in [3.63, 3.8) is 0 Å². The Bertz CT molecular complexity index is 721. The van der Waals surface area contributed by atoms with Gasteiger partial charge < -0.3 is 5.73 Å². The topological polar surface area (TPSA) is 72.2 Å². The van der Waals surface area contributed by atoms with Crippen molar-refractivity contribution in [2.24, 2.45) is 5.73 Å². The number of benzene rings is 1. The van der Waals surface area contributed by atoms with Gasteiger partial charge in [0.15, 0.2) is 11.6 Å². The van der Waals surface area contributed by atoms with E-state index in [9.17, 15) is 21.6 Å². The second-order valence-electron chi connectivity index (χ2n) is 3.80. The number of rotatable bonds is 4. The molecule has 0 spiro atoms. The van der Waals surface area contributed by atoms with Gasteiger partial charge >= 0.3 is 0 Å². The Morgan fingerprint density at radius 3 is 2.25 bits per heavy atom. The number of anilines is 1. The lowest BCUT2D eigenvalue weighted by molar-refractivity contribution is 0.547. The first-order valence-corrected chi connectivity index (χ1v) is 7.64. The van der Waals surface area contributed by atoms with Crippen molar-refractivity contribution in [3.8, 4) is 0 Å². The summed E-state index contributed by atoms with van der Waals surface area (Å²) >= 11 is 1.11. The Balaban J connectivity index is 2.38. The Kier molecular flexibility index (Phi) is 4.02. The van der Waals surface area contributed by atoms with Crippen LogP contribution in [-0.2, 0) is 16.6 Å². The minimum Gasteiger partial charge on any atom is -0.326 e. The molecular formula is C11H9F3N2O2S2. The molecule has 0 unspecified atom stereocenters. The number of hydrogen-bond donors (Lipinski definition) is 2. The van der Waals surface area contributed by atoms with Gasteiger partial charge in [-0.2, -0.15) is 0 Å². The van der Waals surface area contributed by atoms with Crippen molar-refractivity contribution in [1.29, 1.82) is 0 Å². The molecule has 0 radical (unpaired) electrons. The highest BCUT2D eigenvalue weighted by molar-refractivity contribution is 7.92. The van der Waals surface area contributed by atoms with Gasteiger partial charge in [-0.25, -0.2) is 21.6 Å². The fraction of sp³-hybridized carbons (Fsp3) is 0.0909. The fourth-order valence-electron chi connectivity index (χ4n) is 1.44. The molecule has 0 atom stereocenters. The molecule has 1 heterocycles. The Labute approximate surface area is 117 Å². The van der Waals surface area contributed by atoms with Gasteiger partial charge in [0, 0.05) is 28.9 Å². The van der Waals surface area contributed by atoms with Gasteiger partial charge in [-0.3, -0.25) is 4.72 Å². The standard InChI is InChI=1S/C11H9F3N2O2S2/c12-6-1-9(13)11(10(14)2-6)16-20(17,18)8-3-7(4-15)19-5-8/h1-3,5,16H,4,15H2. The SMILES string of the molecule is NCc1cc(S(=O)(=O)Nc2c(F)cc(F)cc2F)cs1. The first-order chi connectivity index (χ1) is 9.33. The lowest BCUT2D eigenvalue weighted by atomic mass is 10.3. The van der Waals surface area contributed by atoms with E-state index in [1.165, 1.54) is 11.4 Å². The molecule has 3 N–H and O–H groups in total. The first kappa shape index (κ1) is 14.8. The molecule has 9 heteroatoms. The van der Waals surface area contributed by atoms with Crippen molar-refractivity contribution in [2.75, 3.05) is 4.72 Å². The maximum absolute atomic E-state index is 13.4. The predicted octanol–water partition coefficient (Wildman–Crippen LogP) is 2.42. The summed E-state index contributed by atoms with van der Waals surface area (Å²) in [6, 6.07) is 2.08. The molecule has 0 saturated carbocycles. The molecule has 0 amide bonds. The van der Waals surface area contributed by atoms with Gasteiger partial charge in [-0.15, -0.1) is 11.3 Å². The number of sulfonamides is 1. The summed E-state index contributed by atoms with van der Waals surface area (Å²) in [5, 5.41) is 1.30. The minimum atomic E-state index is -4.16. The van der Waals surface area contributed by atoms with Gasteiger partial charge in [0.05, 0.1) is 4.90 Å². The largest absolute Gasteiger partial charge is 0.326 e. The molecule has 0 saturated heterocycles. The third-order valence-electron chi connectivity index (χ3n) is 2.38. The van der Waals surface area contributed by atoms with E-state index in [2.05, 4.69) is 0 Å². The van der Waals surface area contributed by atoms with Crippen LogP contribution in [0.5, 0.6) is 0 Å². The van der Waals surface area contributed by atoms with Crippen LogP contribution in [0.4, 0.5) is 18.9 Å². The van der Waals surface area contributed by atoms with Crippen molar-refractivity contribution < 1.29 is 21.6 Å². The van der Waals surface area contributed by atoms with E-state index in [0.717, 1.165) is 11.3 Å². The lowest BCUT2D eigenvalue weighted by Crippen LogP contribution is -2.14. The highest BCUT2D eigenvalue weighted by Gasteiger charge is 2.21. The van der Waals surface area contributed by atoms with Gasteiger partial charge in [-0.05, 0) is 6.07 Å². The zero-order valence-corrected chi connectivity index (χ0v) is 11.5. The van der Waals surface area contributed by atoms with Gasteiger partial charge in [0.2, 0.25) is 0 Å². The molecule has 0 aliphatic carbocycles. The fourth-order valence-corrected chi connectivity index (χ4v) is 3.67. The zero-order chi connectivity index (χ0) is 14.9. The summed E-state index contributed by atoms with van der Waals surface area (Å²) < 4.78 is 65.2. The monoisotopic (exact) mass is 322 g/mol. The Morgan fingerprint density at radius 1 is 1.15 bits per heavy atom. The van der Waals surface area contributed by atoms with Crippen molar-refractivity contribution >= 4 is 27.0 Å². The highest BCUT2D eigenvalue weighted by atomic mass is 32.2. The summed E-state index contributed by atoms with van der Waals surface area (Å²) in [4.78, 5) is 0.441. The Morgan fingerprint density at radius 2 is 1.75 bits per heavy atom. The van der Waals surface area contributed by atoms with Crippen LogP contribution >= 0.6 is 11.3 Å². The maximum Gasteiger partial charge on any atom is 0.262 e. The zero-order valence-electron chi connectivity index (χ0n) is 9.86. The van der Waals surface area contributed by atoms with Crippen LogP contribution in [0, 0.1) is 17.5 Å². The molecule has 0 bridgehead atoms. The molecule has 0 aliphatic rings. The molecule has 1 aromatic carbocycles. The van der Waals surface area contributed by atoms with Gasteiger partial charge in [0.1, 0.15) is 11.5 Å². The summed E-state index contributed by atoms with van der Waals surface area (Å²) in [7, 11) is -4.16. The summed E-state index contributed by atoms with van der Waals surface area (Å²) in [5.41, 5.74) is 4.43. The highest BCUT2D eigenvalue weighted by Crippen LogP contribution is 2.25. The predicted molar refractivity (Wildman–Crippen MR) is 69.3 cm³/mol. The van der Waals surface area contributed by atoms with E-state index in [1.54, 1.807) is 4.72 Å². The number of hydrogen-bond acceptors (Lipinski definition) is 4. The average molecular weight is 322 g/mol. The number of nitrogens with one attached hydrogen (secondary N) is 1. The molecule has 108 valence electrons. The van der Waals surface area contributed by atoms with E-state index >= 15 is 0 Å². The summed E-state index contributed by atoms with van der Waals surface area (Å²) in [6.45, 7) is 0.152. The van der Waals surface area contributed by atoms with Gasteiger partial charge in [-0.1, -0.05) is 0 Å². The molecule has 2 rings (SSSR count). The third-order valence-corrected chi connectivity index (χ3v) is 4.82. The van der Waals surface area contributed by atoms with Crippen LogP contribution in [0.15, 0.2) is 28.5 Å². The quantitative estimate of drug-likeness (QED) is 0.908. The normalized spacial score (nSPS) is 11.6. The second-order valence-corrected chi connectivity index (χ2v) is 6.48. The van der Waals surface area contributed by atoms with Crippen LogP contribution in [-0.4, -0.2) is 8.42 Å². The molecule has 20 heavy (non-hydrogen) atoms. The lowest BCUT2D eigenvalue weighted by Gasteiger charge is -2.08. The van der Waals surface area contributed by atoms with Gasteiger partial charge in [0.25, 0.3) is 10.0 Å². The number of thiophene rings is 1. The van der Waals surface area contributed by atoms with Crippen molar-refractivity contribution in [1.82, 2.24) is 0 Å². The first-order valence-electron chi connectivity index (χ1n) is 5.28. The van der Waals surface area contributed by atoms with Crippen LogP contribution in [0.2, 0.25) is 0 Å². The van der Waals surface area contributed by atoms with E-state index in [-0.39, 0.29) is 11.4 Å². The maximum atomic E-state index is 13.4. The van der Waals surface area contributed by atoms with Crippen LogP contribution in [0.3, 0.4) is 0 Å². The van der Waals surface area contributed by atoms with Crippen LogP contribution in [0.1, 0.15) is 4.88 Å². The molecule has 2 aromatic rings. The molecule has 1 aromatic heterocycles.